The summed E-state index contributed by atoms with van der Waals surface area (Å²) in [5.41, 5.74) is 1.97. The van der Waals surface area contributed by atoms with Crippen LogP contribution in [0.15, 0.2) is 24.3 Å². The Kier molecular flexibility index (Phi) is 5.81. The molecule has 2 aromatic rings. The fourth-order valence-electron chi connectivity index (χ4n) is 4.28. The van der Waals surface area contributed by atoms with Crippen molar-refractivity contribution in [1.29, 1.82) is 0 Å². The summed E-state index contributed by atoms with van der Waals surface area (Å²) in [5.74, 6) is -2.57. The Morgan fingerprint density at radius 1 is 1.34 bits per heavy atom. The van der Waals surface area contributed by atoms with Gasteiger partial charge in [-0.3, -0.25) is 24.5 Å². The summed E-state index contributed by atoms with van der Waals surface area (Å²) in [6.45, 7) is 4.70. The summed E-state index contributed by atoms with van der Waals surface area (Å²) >= 11 is 0. The molecule has 0 amide bonds. The van der Waals surface area contributed by atoms with Gasteiger partial charge in [0.05, 0.1) is 6.42 Å². The van der Waals surface area contributed by atoms with Crippen molar-refractivity contribution >= 4 is 28.4 Å². The third-order valence-electron chi connectivity index (χ3n) is 5.75. The van der Waals surface area contributed by atoms with E-state index in [1.807, 2.05) is 24.3 Å². The SMILES string of the molecule is Cc1[nH]c2ccccc2c1C(=O)[C@@H](C)OC(=O)C[C@H]1C(=O)C[C@@H](C)[C@H]1C[N+](=O)[O-]. The number of rotatable bonds is 7. The number of hydrogen-bond acceptors (Lipinski definition) is 6. The Morgan fingerprint density at radius 2 is 2.03 bits per heavy atom. The van der Waals surface area contributed by atoms with Gasteiger partial charge in [-0.2, -0.15) is 0 Å². The van der Waals surface area contributed by atoms with Crippen molar-refractivity contribution in [3.63, 3.8) is 0 Å². The van der Waals surface area contributed by atoms with E-state index in [0.717, 1.165) is 10.9 Å². The predicted octanol–water partition coefficient (Wildman–Crippen LogP) is 3.10. The molecule has 0 spiro atoms. The summed E-state index contributed by atoms with van der Waals surface area (Å²) < 4.78 is 5.31. The Bertz CT molecular complexity index is 979. The monoisotopic (exact) mass is 400 g/mol. The number of carbonyl (C=O) groups is 3. The highest BCUT2D eigenvalue weighted by Crippen LogP contribution is 2.36. The van der Waals surface area contributed by atoms with Crippen molar-refractivity contribution in [1.82, 2.24) is 4.98 Å². The second-order valence-electron chi connectivity index (χ2n) is 7.80. The third-order valence-corrected chi connectivity index (χ3v) is 5.75. The van der Waals surface area contributed by atoms with Gasteiger partial charge in [-0.05, 0) is 25.8 Å². The molecule has 154 valence electrons. The molecule has 0 bridgehead atoms. The second kappa shape index (κ2) is 8.14. The lowest BCUT2D eigenvalue weighted by Crippen LogP contribution is -2.30. The zero-order chi connectivity index (χ0) is 21.3. The van der Waals surface area contributed by atoms with Crippen molar-refractivity contribution in [2.45, 2.75) is 39.7 Å². The fraction of sp³-hybridized carbons (Fsp3) is 0.476. The first kappa shape index (κ1) is 20.7. The van der Waals surface area contributed by atoms with Gasteiger partial charge in [0.2, 0.25) is 12.3 Å². The summed E-state index contributed by atoms with van der Waals surface area (Å²) in [7, 11) is 0. The van der Waals surface area contributed by atoms with Gasteiger partial charge in [0.15, 0.2) is 6.10 Å². The molecule has 4 atom stereocenters. The molecule has 3 rings (SSSR count). The van der Waals surface area contributed by atoms with E-state index in [0.29, 0.717) is 11.3 Å². The number of aromatic amines is 1. The Labute approximate surface area is 167 Å². The molecule has 0 saturated heterocycles. The first-order valence-electron chi connectivity index (χ1n) is 9.64. The smallest absolute Gasteiger partial charge is 0.307 e. The quantitative estimate of drug-likeness (QED) is 0.330. The Hall–Kier alpha value is -3.03. The molecule has 0 radical (unpaired) electrons. The highest BCUT2D eigenvalue weighted by atomic mass is 16.6. The molecule has 1 aliphatic rings. The van der Waals surface area contributed by atoms with E-state index in [9.17, 15) is 24.5 Å². The number of Topliss-reactive ketones (excluding diaryl/α,β-unsaturated/α-hetero) is 2. The minimum Gasteiger partial charge on any atom is -0.454 e. The number of para-hydroxylation sites is 1. The van der Waals surface area contributed by atoms with Crippen LogP contribution in [0.5, 0.6) is 0 Å². The van der Waals surface area contributed by atoms with Gasteiger partial charge in [-0.15, -0.1) is 0 Å². The van der Waals surface area contributed by atoms with Gasteiger partial charge < -0.3 is 9.72 Å². The highest BCUT2D eigenvalue weighted by molar-refractivity contribution is 6.11. The van der Waals surface area contributed by atoms with Gasteiger partial charge in [0, 0.05) is 45.3 Å². The van der Waals surface area contributed by atoms with Crippen molar-refractivity contribution in [2.24, 2.45) is 17.8 Å². The number of hydrogen-bond donors (Lipinski definition) is 1. The van der Waals surface area contributed by atoms with Crippen LogP contribution >= 0.6 is 0 Å². The fourth-order valence-corrected chi connectivity index (χ4v) is 4.28. The lowest BCUT2D eigenvalue weighted by Gasteiger charge is -2.18. The summed E-state index contributed by atoms with van der Waals surface area (Å²) in [6, 6.07) is 7.36. The lowest BCUT2D eigenvalue weighted by atomic mass is 9.88. The number of esters is 1. The van der Waals surface area contributed by atoms with E-state index in [-0.39, 0.29) is 36.9 Å². The minimum atomic E-state index is -1.02. The lowest BCUT2D eigenvalue weighted by molar-refractivity contribution is -0.490. The third kappa shape index (κ3) is 4.21. The molecule has 8 heteroatoms. The number of ether oxygens (including phenoxy) is 1. The van der Waals surface area contributed by atoms with Crippen LogP contribution in [0, 0.1) is 34.8 Å². The molecule has 29 heavy (non-hydrogen) atoms. The van der Waals surface area contributed by atoms with Crippen molar-refractivity contribution in [2.75, 3.05) is 6.54 Å². The maximum absolute atomic E-state index is 12.9. The number of aromatic nitrogens is 1. The van der Waals surface area contributed by atoms with Crippen LogP contribution in [-0.2, 0) is 14.3 Å². The van der Waals surface area contributed by atoms with Gasteiger partial charge >= 0.3 is 5.97 Å². The van der Waals surface area contributed by atoms with E-state index >= 15 is 0 Å². The number of benzene rings is 1. The van der Waals surface area contributed by atoms with E-state index in [2.05, 4.69) is 4.98 Å². The Morgan fingerprint density at radius 3 is 2.72 bits per heavy atom. The molecule has 1 heterocycles. The predicted molar refractivity (Wildman–Crippen MR) is 105 cm³/mol. The molecular formula is C21H24N2O6. The summed E-state index contributed by atoms with van der Waals surface area (Å²) in [5, 5.41) is 11.7. The van der Waals surface area contributed by atoms with E-state index < -0.39 is 28.8 Å². The van der Waals surface area contributed by atoms with Crippen LogP contribution in [-0.4, -0.2) is 40.1 Å². The summed E-state index contributed by atoms with van der Waals surface area (Å²) in [6.07, 6.45) is -1.05. The highest BCUT2D eigenvalue weighted by Gasteiger charge is 2.44. The van der Waals surface area contributed by atoms with E-state index in [1.165, 1.54) is 6.92 Å². The number of nitrogens with one attached hydrogen (secondary N) is 1. The molecule has 0 unspecified atom stereocenters. The van der Waals surface area contributed by atoms with Crippen LogP contribution in [0.25, 0.3) is 10.9 Å². The van der Waals surface area contributed by atoms with Crippen LogP contribution in [0.4, 0.5) is 0 Å². The van der Waals surface area contributed by atoms with E-state index in [1.54, 1.807) is 13.8 Å². The zero-order valence-electron chi connectivity index (χ0n) is 16.6. The standard InChI is InChI=1S/C21H24N2O6/c1-11-8-18(24)15(16(11)10-23(27)28)9-19(25)29-13(3)21(26)20-12(2)22-17-7-5-4-6-14(17)20/h4-7,11,13,15-16,22H,8-10H2,1-3H3/t11-,13-,15-,16-/m1/s1. The van der Waals surface area contributed by atoms with Gasteiger partial charge in [-0.1, -0.05) is 25.1 Å². The first-order chi connectivity index (χ1) is 13.7. The molecule has 1 aromatic heterocycles. The molecule has 1 aliphatic carbocycles. The van der Waals surface area contributed by atoms with Gasteiger partial charge in [0.25, 0.3) is 0 Å². The first-order valence-corrected chi connectivity index (χ1v) is 9.64. The molecule has 0 aliphatic heterocycles. The average molecular weight is 400 g/mol. The largest absolute Gasteiger partial charge is 0.454 e. The normalized spacial score (nSPS) is 22.6. The topological polar surface area (TPSA) is 119 Å². The number of nitrogens with zero attached hydrogens (tertiary/aromatic N) is 1. The molecule has 1 fully saturated rings. The number of H-pyrrole nitrogens is 1. The Balaban J connectivity index is 1.70. The van der Waals surface area contributed by atoms with Crippen molar-refractivity contribution < 1.29 is 24.0 Å². The van der Waals surface area contributed by atoms with Crippen LogP contribution in [0.2, 0.25) is 0 Å². The molecule has 1 N–H and O–H groups in total. The van der Waals surface area contributed by atoms with Gasteiger partial charge in [0.1, 0.15) is 5.78 Å². The van der Waals surface area contributed by atoms with Gasteiger partial charge in [-0.25, -0.2) is 0 Å². The number of nitro groups is 1. The number of aryl methyl sites for hydroxylation is 1. The minimum absolute atomic E-state index is 0.154. The second-order valence-corrected chi connectivity index (χ2v) is 7.80. The molecule has 1 aromatic carbocycles. The average Bonchev–Trinajstić information content (AvgIpc) is 3.10. The van der Waals surface area contributed by atoms with Crippen LogP contribution in [0.3, 0.4) is 0 Å². The number of carbonyl (C=O) groups excluding carboxylic acids is 3. The maximum Gasteiger partial charge on any atom is 0.307 e. The van der Waals surface area contributed by atoms with Crippen molar-refractivity contribution in [3.8, 4) is 0 Å². The zero-order valence-corrected chi connectivity index (χ0v) is 16.6. The van der Waals surface area contributed by atoms with Crippen molar-refractivity contribution in [3.05, 3.63) is 45.6 Å². The molecule has 1 saturated carbocycles. The summed E-state index contributed by atoms with van der Waals surface area (Å²) in [4.78, 5) is 51.1. The number of ketones is 2. The maximum atomic E-state index is 12.9. The van der Waals surface area contributed by atoms with E-state index in [4.69, 9.17) is 4.74 Å². The number of fused-ring (bicyclic) bond motifs is 1. The van der Waals surface area contributed by atoms with Crippen LogP contribution < -0.4 is 0 Å². The molecule has 8 nitrogen and oxygen atoms in total. The molecular weight excluding hydrogens is 376 g/mol. The van der Waals surface area contributed by atoms with Crippen LogP contribution in [0.1, 0.15) is 42.7 Å².